The number of methoxy groups -OCH3 is 3. The average Bonchev–Trinajstić information content (AvgIpc) is 3.88. The molecule has 1 saturated carbocycles. The number of piperidine rings is 1. The van der Waals surface area contributed by atoms with Crippen molar-refractivity contribution in [3.05, 3.63) is 76.7 Å². The Bertz CT molecular complexity index is 2190. The van der Waals surface area contributed by atoms with E-state index in [1.165, 1.54) is 26.7 Å². The van der Waals surface area contributed by atoms with Crippen molar-refractivity contribution in [1.29, 1.82) is 0 Å². The highest BCUT2D eigenvalue weighted by Crippen LogP contribution is 2.68. The quantitative estimate of drug-likeness (QED) is 0.209. The predicted octanol–water partition coefficient (Wildman–Crippen LogP) is 5.12. The van der Waals surface area contributed by atoms with Gasteiger partial charge in [-0.3, -0.25) is 19.4 Å². The molecule has 4 unspecified atom stereocenters. The van der Waals surface area contributed by atoms with Gasteiger partial charge in [-0.05, 0) is 85.5 Å². The lowest BCUT2D eigenvalue weighted by atomic mass is 9.50. The largest absolute Gasteiger partial charge is 0.468 e. The Labute approximate surface area is 347 Å². The Morgan fingerprint density at radius 2 is 1.83 bits per heavy atom. The molecule has 2 N–H and O–H groups in total. The number of hydrogen-bond donors (Lipinski definition) is 2. The van der Waals surface area contributed by atoms with Crippen LogP contribution >= 0.6 is 0 Å². The van der Waals surface area contributed by atoms with Crippen molar-refractivity contribution in [2.45, 2.75) is 94.7 Å². The lowest BCUT2D eigenvalue weighted by Crippen LogP contribution is -2.77. The van der Waals surface area contributed by atoms with E-state index in [4.69, 9.17) is 18.9 Å². The van der Waals surface area contributed by atoms with E-state index in [2.05, 4.69) is 65.6 Å². The van der Waals surface area contributed by atoms with Gasteiger partial charge in [0.25, 0.3) is 0 Å². The van der Waals surface area contributed by atoms with E-state index >= 15 is 4.79 Å². The van der Waals surface area contributed by atoms with Gasteiger partial charge in [0, 0.05) is 86.3 Å². The van der Waals surface area contributed by atoms with Gasteiger partial charge in [0.2, 0.25) is 5.60 Å². The molecule has 4 fully saturated rings. The zero-order valence-electron chi connectivity index (χ0n) is 35.6. The van der Waals surface area contributed by atoms with Gasteiger partial charge in [-0.15, -0.1) is 0 Å². The van der Waals surface area contributed by atoms with Crippen molar-refractivity contribution >= 4 is 34.9 Å². The Hall–Kier alpha value is -4.23. The molecule has 1 spiro atoms. The van der Waals surface area contributed by atoms with E-state index in [0.29, 0.717) is 19.4 Å². The van der Waals surface area contributed by atoms with Crippen LogP contribution in [0.1, 0.15) is 69.7 Å². The standard InChI is InChI=1S/C47H60N4O8/c1-9-27-12-13-35-31(19-27)32-25-50-23-28(10-2)18-29(24-50)22-46(39(32)48-35,43(53)57-7)34-20-33-36(21-37(34)56-6)49(5)42-45(33)15-17-51-16-14-30(11-3)38(40(45)51)41(59-26(4)52)47(42,55)44(54)58-8/h9,12-13,18-21,29-30,34,37-38,40-42,48,55H,1,10-11,14-17,22-25H2,2-8H3/t29-,30+,34?,37?,38?,40+,41-,42-,45-,46+,47-/m1/s1. The maximum atomic E-state index is 15.3. The van der Waals surface area contributed by atoms with Crippen molar-refractivity contribution in [1.82, 2.24) is 19.7 Å². The van der Waals surface area contributed by atoms with Crippen LogP contribution in [0.15, 0.2) is 59.8 Å². The minimum Gasteiger partial charge on any atom is -0.468 e. The van der Waals surface area contributed by atoms with Gasteiger partial charge in [0.05, 0.1) is 26.4 Å². The third-order valence-corrected chi connectivity index (χ3v) is 15.8. The van der Waals surface area contributed by atoms with Crippen LogP contribution in [-0.4, -0.2) is 127 Å². The number of ether oxygens (including phenoxy) is 4. The van der Waals surface area contributed by atoms with Crippen LogP contribution in [-0.2, 0) is 45.3 Å². The number of esters is 3. The molecule has 6 heterocycles. The highest BCUT2D eigenvalue weighted by Gasteiger charge is 2.79. The molecule has 316 valence electrons. The van der Waals surface area contributed by atoms with Crippen LogP contribution in [0.2, 0.25) is 0 Å². The summed E-state index contributed by atoms with van der Waals surface area (Å²) >= 11 is 0. The molecule has 1 aromatic carbocycles. The maximum absolute atomic E-state index is 15.3. The number of aromatic nitrogens is 1. The summed E-state index contributed by atoms with van der Waals surface area (Å²) < 4.78 is 24.1. The van der Waals surface area contributed by atoms with Crippen molar-refractivity contribution in [3.63, 3.8) is 0 Å². The van der Waals surface area contributed by atoms with Gasteiger partial charge >= 0.3 is 17.9 Å². The van der Waals surface area contributed by atoms with Crippen LogP contribution in [0.5, 0.6) is 0 Å². The van der Waals surface area contributed by atoms with Gasteiger partial charge in [0.15, 0.2) is 0 Å². The molecule has 5 aliphatic heterocycles. The first kappa shape index (κ1) is 40.2. The smallest absolute Gasteiger partial charge is 0.344 e. The van der Waals surface area contributed by atoms with Crippen molar-refractivity contribution in [3.8, 4) is 0 Å². The molecule has 2 aromatic rings. The fourth-order valence-electron chi connectivity index (χ4n) is 13.7. The van der Waals surface area contributed by atoms with Gasteiger partial charge in [-0.1, -0.05) is 56.7 Å². The maximum Gasteiger partial charge on any atom is 0.344 e. The number of carbonyl (C=O) groups excluding carboxylic acids is 3. The molecule has 0 radical (unpaired) electrons. The van der Waals surface area contributed by atoms with E-state index < -0.39 is 52.5 Å². The molecule has 12 nitrogen and oxygen atoms in total. The number of aromatic amines is 1. The third-order valence-electron chi connectivity index (χ3n) is 15.8. The summed E-state index contributed by atoms with van der Waals surface area (Å²) in [4.78, 5) is 53.5. The lowest BCUT2D eigenvalue weighted by Gasteiger charge is -2.61. The van der Waals surface area contributed by atoms with Gasteiger partial charge in [-0.2, -0.15) is 0 Å². The Kier molecular flexibility index (Phi) is 9.85. The number of hydrogen-bond acceptors (Lipinski definition) is 11. The number of carbonyl (C=O) groups is 3. The fraction of sp³-hybridized carbons (Fsp3) is 0.596. The number of fused-ring (bicyclic) bond motifs is 6. The molecule has 1 aromatic heterocycles. The SMILES string of the molecule is C=Cc1ccc2[nH]c3c(c2c1)CN1CC(CC)=C[C@@H](C1)C[C@]3(C(=O)OC)C1C=C2C(=CC1OC)N(C)[C@H]1[C@@](O)(C(=O)OC)[C@H](OC(C)=O)C3[C@@H](CC)CCN4CC[C@]21[C@H]34. The first-order valence-corrected chi connectivity index (χ1v) is 21.6. The third kappa shape index (κ3) is 5.44. The summed E-state index contributed by atoms with van der Waals surface area (Å²) in [6, 6.07) is 5.29. The van der Waals surface area contributed by atoms with E-state index in [9.17, 15) is 14.7 Å². The summed E-state index contributed by atoms with van der Waals surface area (Å²) in [7, 11) is 6.37. The van der Waals surface area contributed by atoms with E-state index in [1.807, 2.05) is 24.1 Å². The molecular weight excluding hydrogens is 749 g/mol. The van der Waals surface area contributed by atoms with Crippen molar-refractivity contribution in [2.75, 3.05) is 54.6 Å². The van der Waals surface area contributed by atoms with Gasteiger partial charge in [0.1, 0.15) is 11.5 Å². The molecule has 2 bridgehead atoms. The van der Waals surface area contributed by atoms with Crippen LogP contribution in [0, 0.1) is 29.1 Å². The number of likely N-dealkylation sites (N-methyl/N-ethyl adjacent to an activating group) is 1. The highest BCUT2D eigenvalue weighted by molar-refractivity contribution is 5.92. The number of likely N-dealkylation sites (tertiary alicyclic amines) is 1. The number of benzene rings is 1. The van der Waals surface area contributed by atoms with Crippen LogP contribution in [0.3, 0.4) is 0 Å². The number of rotatable bonds is 8. The minimum absolute atomic E-state index is 0.0538. The van der Waals surface area contributed by atoms with Crippen LogP contribution in [0.25, 0.3) is 17.0 Å². The molecular formula is C47H60N4O8. The first-order chi connectivity index (χ1) is 28.3. The summed E-state index contributed by atoms with van der Waals surface area (Å²) in [5.41, 5.74) is 2.83. The van der Waals surface area contributed by atoms with Crippen LogP contribution in [0.4, 0.5) is 0 Å². The van der Waals surface area contributed by atoms with Crippen molar-refractivity contribution in [2.24, 2.45) is 29.1 Å². The molecule has 0 amide bonds. The Balaban J connectivity index is 1.32. The normalized spacial score (nSPS) is 38.3. The summed E-state index contributed by atoms with van der Waals surface area (Å²) in [6.07, 6.45) is 10.6. The second kappa shape index (κ2) is 14.5. The zero-order chi connectivity index (χ0) is 41.8. The average molecular weight is 809 g/mol. The number of nitrogens with zero attached hydrogens (tertiary/aromatic N) is 3. The van der Waals surface area contributed by atoms with Gasteiger partial charge in [-0.25, -0.2) is 4.79 Å². The molecule has 2 aliphatic carbocycles. The number of aliphatic hydroxyl groups is 1. The van der Waals surface area contributed by atoms with E-state index in [0.717, 1.165) is 84.4 Å². The molecule has 59 heavy (non-hydrogen) atoms. The van der Waals surface area contributed by atoms with Crippen molar-refractivity contribution < 1.29 is 38.4 Å². The molecule has 3 saturated heterocycles. The second-order valence-electron chi connectivity index (χ2n) is 18.3. The summed E-state index contributed by atoms with van der Waals surface area (Å²) in [5.74, 6) is -2.47. The van der Waals surface area contributed by atoms with E-state index in [1.54, 1.807) is 7.11 Å². The van der Waals surface area contributed by atoms with E-state index in [-0.39, 0.29) is 29.8 Å². The predicted molar refractivity (Wildman–Crippen MR) is 223 cm³/mol. The lowest BCUT2D eigenvalue weighted by molar-refractivity contribution is -0.238. The summed E-state index contributed by atoms with van der Waals surface area (Å²) in [6.45, 7) is 13.7. The zero-order valence-corrected chi connectivity index (χ0v) is 35.6. The molecule has 12 atom stereocenters. The molecule has 9 rings (SSSR count). The highest BCUT2D eigenvalue weighted by atomic mass is 16.6. The molecule has 7 aliphatic rings. The second-order valence-corrected chi connectivity index (χ2v) is 18.3. The Morgan fingerprint density at radius 1 is 1.05 bits per heavy atom. The summed E-state index contributed by atoms with van der Waals surface area (Å²) in [5, 5.41) is 14.3. The van der Waals surface area contributed by atoms with Crippen LogP contribution < -0.4 is 0 Å². The number of H-pyrrole nitrogens is 1. The first-order valence-electron chi connectivity index (χ1n) is 21.6. The number of nitrogens with one attached hydrogen (secondary N) is 1. The minimum atomic E-state index is -2.20. The Morgan fingerprint density at radius 3 is 2.51 bits per heavy atom. The number of allylic oxidation sites excluding steroid dienone is 1. The topological polar surface area (TPSA) is 134 Å². The van der Waals surface area contributed by atoms with Gasteiger partial charge < -0.3 is 33.9 Å². The fourth-order valence-corrected chi connectivity index (χ4v) is 13.7. The molecule has 12 heteroatoms. The monoisotopic (exact) mass is 808 g/mol.